The Labute approximate surface area is 160 Å². The molecule has 142 valence electrons. The molecular formula is C22H26N2O3. The molecule has 0 spiro atoms. The maximum Gasteiger partial charge on any atom is 0.317 e. The summed E-state index contributed by atoms with van der Waals surface area (Å²) in [5.41, 5.74) is 2.33. The molecule has 5 nitrogen and oxygen atoms in total. The van der Waals surface area contributed by atoms with Crippen LogP contribution in [0.3, 0.4) is 0 Å². The van der Waals surface area contributed by atoms with Crippen LogP contribution >= 0.6 is 0 Å². The number of esters is 1. The third-order valence-corrected chi connectivity index (χ3v) is 5.08. The SMILES string of the molecule is COC(=O)[C@@H]1CC(c2ccccc2)CN(C(=O)NCCc2ccccc2)C1. The topological polar surface area (TPSA) is 58.6 Å². The minimum atomic E-state index is -0.297. The largest absolute Gasteiger partial charge is 0.469 e. The van der Waals surface area contributed by atoms with Crippen molar-refractivity contribution in [3.8, 4) is 0 Å². The average molecular weight is 366 g/mol. The number of piperidine rings is 1. The Morgan fingerprint density at radius 1 is 1.04 bits per heavy atom. The molecule has 1 N–H and O–H groups in total. The second kappa shape index (κ2) is 9.21. The van der Waals surface area contributed by atoms with Gasteiger partial charge in [0.1, 0.15) is 0 Å². The first-order chi connectivity index (χ1) is 13.2. The van der Waals surface area contributed by atoms with Gasteiger partial charge in [-0.3, -0.25) is 4.79 Å². The second-order valence-corrected chi connectivity index (χ2v) is 6.94. The van der Waals surface area contributed by atoms with Crippen LogP contribution in [0.15, 0.2) is 60.7 Å². The molecule has 3 rings (SSSR count). The highest BCUT2D eigenvalue weighted by molar-refractivity contribution is 5.77. The maximum absolute atomic E-state index is 12.7. The first-order valence-corrected chi connectivity index (χ1v) is 9.37. The van der Waals surface area contributed by atoms with Crippen LogP contribution in [0.2, 0.25) is 0 Å². The number of carbonyl (C=O) groups excluding carboxylic acids is 2. The Hall–Kier alpha value is -2.82. The highest BCUT2D eigenvalue weighted by atomic mass is 16.5. The van der Waals surface area contributed by atoms with Crippen molar-refractivity contribution >= 4 is 12.0 Å². The van der Waals surface area contributed by atoms with E-state index in [0.29, 0.717) is 26.1 Å². The minimum Gasteiger partial charge on any atom is -0.469 e. The molecule has 2 aromatic carbocycles. The Kier molecular flexibility index (Phi) is 6.47. The van der Waals surface area contributed by atoms with E-state index in [0.717, 1.165) is 12.0 Å². The highest BCUT2D eigenvalue weighted by Crippen LogP contribution is 2.30. The van der Waals surface area contributed by atoms with Gasteiger partial charge in [0.15, 0.2) is 0 Å². The van der Waals surface area contributed by atoms with Crippen LogP contribution in [0, 0.1) is 5.92 Å². The van der Waals surface area contributed by atoms with Crippen LogP contribution in [-0.2, 0) is 16.0 Å². The Balaban J connectivity index is 1.63. The predicted octanol–water partition coefficient (Wildman–Crippen LogP) is 3.22. The quantitative estimate of drug-likeness (QED) is 0.827. The molecule has 0 aliphatic carbocycles. The maximum atomic E-state index is 12.7. The first-order valence-electron chi connectivity index (χ1n) is 9.37. The molecule has 27 heavy (non-hydrogen) atoms. The average Bonchev–Trinajstić information content (AvgIpc) is 2.74. The van der Waals surface area contributed by atoms with Gasteiger partial charge in [-0.15, -0.1) is 0 Å². The fourth-order valence-electron chi connectivity index (χ4n) is 3.64. The lowest BCUT2D eigenvalue weighted by Gasteiger charge is -2.36. The highest BCUT2D eigenvalue weighted by Gasteiger charge is 2.35. The van der Waals surface area contributed by atoms with E-state index >= 15 is 0 Å². The monoisotopic (exact) mass is 366 g/mol. The van der Waals surface area contributed by atoms with E-state index in [4.69, 9.17) is 4.74 Å². The van der Waals surface area contributed by atoms with E-state index in [-0.39, 0.29) is 23.8 Å². The number of benzene rings is 2. The Morgan fingerprint density at radius 2 is 1.70 bits per heavy atom. The first kappa shape index (κ1) is 19.0. The van der Waals surface area contributed by atoms with E-state index in [1.165, 1.54) is 12.7 Å². The summed E-state index contributed by atoms with van der Waals surface area (Å²) in [6.45, 7) is 1.57. The molecule has 1 saturated heterocycles. The van der Waals surface area contributed by atoms with E-state index in [1.54, 1.807) is 4.90 Å². The van der Waals surface area contributed by atoms with Crippen molar-refractivity contribution in [2.24, 2.45) is 5.92 Å². The summed E-state index contributed by atoms with van der Waals surface area (Å²) in [5.74, 6) is -0.421. The number of likely N-dealkylation sites (tertiary alicyclic amines) is 1. The predicted molar refractivity (Wildman–Crippen MR) is 104 cm³/mol. The zero-order valence-corrected chi connectivity index (χ0v) is 15.6. The molecule has 0 bridgehead atoms. The summed E-state index contributed by atoms with van der Waals surface area (Å²) >= 11 is 0. The van der Waals surface area contributed by atoms with Gasteiger partial charge in [-0.25, -0.2) is 4.79 Å². The van der Waals surface area contributed by atoms with Crippen molar-refractivity contribution in [2.75, 3.05) is 26.7 Å². The zero-order chi connectivity index (χ0) is 19.1. The number of hydrogen-bond acceptors (Lipinski definition) is 3. The Morgan fingerprint density at radius 3 is 2.37 bits per heavy atom. The molecule has 1 aliphatic heterocycles. The number of nitrogens with zero attached hydrogens (tertiary/aromatic N) is 1. The fourth-order valence-corrected chi connectivity index (χ4v) is 3.64. The number of methoxy groups -OCH3 is 1. The van der Waals surface area contributed by atoms with Gasteiger partial charge >= 0.3 is 12.0 Å². The lowest BCUT2D eigenvalue weighted by Crippen LogP contribution is -2.49. The van der Waals surface area contributed by atoms with Gasteiger partial charge < -0.3 is 15.0 Å². The van der Waals surface area contributed by atoms with E-state index in [2.05, 4.69) is 17.4 Å². The van der Waals surface area contributed by atoms with Gasteiger partial charge in [0.25, 0.3) is 0 Å². The van der Waals surface area contributed by atoms with Crippen molar-refractivity contribution in [3.63, 3.8) is 0 Å². The molecule has 1 heterocycles. The smallest absolute Gasteiger partial charge is 0.317 e. The number of hydrogen-bond donors (Lipinski definition) is 1. The van der Waals surface area contributed by atoms with E-state index in [9.17, 15) is 9.59 Å². The normalized spacial score (nSPS) is 19.4. The molecule has 0 radical (unpaired) electrons. The summed E-state index contributed by atoms with van der Waals surface area (Å²) in [6, 6.07) is 20.0. The van der Waals surface area contributed by atoms with Crippen molar-refractivity contribution in [2.45, 2.75) is 18.8 Å². The summed E-state index contributed by atoms with van der Waals surface area (Å²) in [4.78, 5) is 26.6. The number of nitrogens with one attached hydrogen (secondary N) is 1. The van der Waals surface area contributed by atoms with Crippen molar-refractivity contribution in [1.82, 2.24) is 10.2 Å². The number of carbonyl (C=O) groups is 2. The lowest BCUT2D eigenvalue weighted by molar-refractivity contribution is -0.147. The van der Waals surface area contributed by atoms with Gasteiger partial charge in [0, 0.05) is 25.6 Å². The fraction of sp³-hybridized carbons (Fsp3) is 0.364. The van der Waals surface area contributed by atoms with Crippen LogP contribution in [0.4, 0.5) is 4.79 Å². The van der Waals surface area contributed by atoms with Gasteiger partial charge in [0.2, 0.25) is 0 Å². The third kappa shape index (κ3) is 5.09. The standard InChI is InChI=1S/C22H26N2O3/c1-27-21(25)20-14-19(18-10-6-3-7-11-18)15-24(16-20)22(26)23-13-12-17-8-4-2-5-9-17/h2-11,19-20H,12-16H2,1H3,(H,23,26)/t19?,20-/m1/s1. The van der Waals surface area contributed by atoms with Gasteiger partial charge in [-0.05, 0) is 24.0 Å². The molecule has 0 aromatic heterocycles. The van der Waals surface area contributed by atoms with Crippen LogP contribution in [0.5, 0.6) is 0 Å². The van der Waals surface area contributed by atoms with Crippen LogP contribution in [-0.4, -0.2) is 43.6 Å². The van der Waals surface area contributed by atoms with Crippen LogP contribution in [0.1, 0.15) is 23.5 Å². The summed E-state index contributed by atoms with van der Waals surface area (Å²) in [7, 11) is 1.40. The van der Waals surface area contributed by atoms with Gasteiger partial charge in [-0.1, -0.05) is 60.7 Å². The van der Waals surface area contributed by atoms with Crippen molar-refractivity contribution in [3.05, 3.63) is 71.8 Å². The molecule has 1 aliphatic rings. The second-order valence-electron chi connectivity index (χ2n) is 6.94. The van der Waals surface area contributed by atoms with Crippen molar-refractivity contribution in [1.29, 1.82) is 0 Å². The van der Waals surface area contributed by atoms with Crippen molar-refractivity contribution < 1.29 is 14.3 Å². The molecule has 2 amide bonds. The number of ether oxygens (including phenoxy) is 1. The molecular weight excluding hydrogens is 340 g/mol. The van der Waals surface area contributed by atoms with Crippen LogP contribution in [0.25, 0.3) is 0 Å². The van der Waals surface area contributed by atoms with Gasteiger partial charge in [0.05, 0.1) is 13.0 Å². The minimum absolute atomic E-state index is 0.125. The summed E-state index contributed by atoms with van der Waals surface area (Å²) in [5, 5.41) is 2.99. The number of rotatable bonds is 5. The molecule has 1 fully saturated rings. The van der Waals surface area contributed by atoms with E-state index in [1.807, 2.05) is 48.5 Å². The Bertz CT molecular complexity index is 749. The lowest BCUT2D eigenvalue weighted by atomic mass is 9.84. The molecule has 1 unspecified atom stereocenters. The number of urea groups is 1. The zero-order valence-electron chi connectivity index (χ0n) is 15.6. The molecule has 2 aromatic rings. The van der Waals surface area contributed by atoms with Crippen LogP contribution < -0.4 is 5.32 Å². The van der Waals surface area contributed by atoms with Gasteiger partial charge in [-0.2, -0.15) is 0 Å². The summed E-state index contributed by atoms with van der Waals surface area (Å²) < 4.78 is 4.94. The molecule has 5 heteroatoms. The molecule has 0 saturated carbocycles. The molecule has 2 atom stereocenters. The van der Waals surface area contributed by atoms with E-state index < -0.39 is 0 Å². The number of amides is 2. The summed E-state index contributed by atoms with van der Waals surface area (Å²) in [6.07, 6.45) is 1.48. The third-order valence-electron chi connectivity index (χ3n) is 5.08.